The molecule has 96 valence electrons. The molecule has 0 spiro atoms. The maximum absolute atomic E-state index is 12.1. The molecule has 0 aliphatic heterocycles. The Balaban J connectivity index is 2.79. The van der Waals surface area contributed by atoms with E-state index in [1.54, 1.807) is 6.07 Å². The zero-order valence-corrected chi connectivity index (χ0v) is 10.1. The summed E-state index contributed by atoms with van der Waals surface area (Å²) < 4.78 is 24.2. The summed E-state index contributed by atoms with van der Waals surface area (Å²) in [5, 5.41) is 5.66. The SMILES string of the molecule is CCCc1nc(NCC)cc(NCC(F)F)n1. The molecule has 1 rings (SSSR count). The van der Waals surface area contributed by atoms with Crippen LogP contribution in [0.15, 0.2) is 6.07 Å². The van der Waals surface area contributed by atoms with Gasteiger partial charge in [-0.05, 0) is 13.3 Å². The highest BCUT2D eigenvalue weighted by Gasteiger charge is 2.06. The van der Waals surface area contributed by atoms with Crippen LogP contribution >= 0.6 is 0 Å². The summed E-state index contributed by atoms with van der Waals surface area (Å²) in [5.41, 5.74) is 0. The highest BCUT2D eigenvalue weighted by molar-refractivity contribution is 5.47. The number of aromatic nitrogens is 2. The molecule has 1 heterocycles. The molecule has 0 aromatic carbocycles. The fourth-order valence-electron chi connectivity index (χ4n) is 1.38. The highest BCUT2D eigenvalue weighted by atomic mass is 19.3. The molecule has 4 nitrogen and oxygen atoms in total. The smallest absolute Gasteiger partial charge is 0.255 e. The van der Waals surface area contributed by atoms with E-state index in [2.05, 4.69) is 20.6 Å². The second kappa shape index (κ2) is 6.98. The van der Waals surface area contributed by atoms with E-state index in [0.29, 0.717) is 17.5 Å². The molecule has 1 aromatic rings. The van der Waals surface area contributed by atoms with Crippen molar-refractivity contribution in [2.24, 2.45) is 0 Å². The van der Waals surface area contributed by atoms with E-state index >= 15 is 0 Å². The minimum Gasteiger partial charge on any atom is -0.370 e. The minimum absolute atomic E-state index is 0.395. The molecular weight excluding hydrogens is 226 g/mol. The van der Waals surface area contributed by atoms with Gasteiger partial charge >= 0.3 is 0 Å². The number of rotatable bonds is 7. The summed E-state index contributed by atoms with van der Waals surface area (Å²) in [6.45, 7) is 4.31. The van der Waals surface area contributed by atoms with E-state index in [1.807, 2.05) is 13.8 Å². The monoisotopic (exact) mass is 244 g/mol. The lowest BCUT2D eigenvalue weighted by atomic mass is 10.3. The molecule has 0 atom stereocenters. The predicted octanol–water partition coefficient (Wildman–Crippen LogP) is 2.54. The molecule has 0 bridgehead atoms. The van der Waals surface area contributed by atoms with Gasteiger partial charge in [-0.3, -0.25) is 0 Å². The van der Waals surface area contributed by atoms with E-state index in [9.17, 15) is 8.78 Å². The van der Waals surface area contributed by atoms with Crippen molar-refractivity contribution >= 4 is 11.6 Å². The standard InChI is InChI=1S/C11H18F2N4/c1-3-5-9-16-10(14-4-2)6-11(17-9)15-7-8(12)13/h6,8H,3-5,7H2,1-2H3,(H2,14,15,16,17). The fraction of sp³-hybridized carbons (Fsp3) is 0.636. The van der Waals surface area contributed by atoms with Crippen molar-refractivity contribution in [1.82, 2.24) is 9.97 Å². The van der Waals surface area contributed by atoms with Crippen molar-refractivity contribution in [3.05, 3.63) is 11.9 Å². The summed E-state index contributed by atoms with van der Waals surface area (Å²) in [5.74, 6) is 1.78. The largest absolute Gasteiger partial charge is 0.370 e. The van der Waals surface area contributed by atoms with Crippen molar-refractivity contribution in [3.63, 3.8) is 0 Å². The molecule has 17 heavy (non-hydrogen) atoms. The summed E-state index contributed by atoms with van der Waals surface area (Å²) in [6, 6.07) is 1.64. The zero-order valence-electron chi connectivity index (χ0n) is 10.1. The van der Waals surface area contributed by atoms with Crippen molar-refractivity contribution in [1.29, 1.82) is 0 Å². The minimum atomic E-state index is -2.39. The van der Waals surface area contributed by atoms with Crippen LogP contribution in [0.1, 0.15) is 26.1 Å². The number of aryl methyl sites for hydroxylation is 1. The normalized spacial score (nSPS) is 10.6. The quantitative estimate of drug-likeness (QED) is 0.774. The maximum atomic E-state index is 12.1. The second-order valence-electron chi connectivity index (χ2n) is 3.61. The first kappa shape index (κ1) is 13.6. The molecule has 0 unspecified atom stereocenters. The Hall–Kier alpha value is -1.46. The van der Waals surface area contributed by atoms with Gasteiger partial charge < -0.3 is 10.6 Å². The Labute approximate surface area is 99.9 Å². The Morgan fingerprint density at radius 1 is 1.18 bits per heavy atom. The van der Waals surface area contributed by atoms with E-state index in [0.717, 1.165) is 19.4 Å². The Morgan fingerprint density at radius 2 is 1.82 bits per heavy atom. The Kier molecular flexibility index (Phi) is 5.59. The van der Waals surface area contributed by atoms with Crippen LogP contribution in [0.4, 0.5) is 20.4 Å². The lowest BCUT2D eigenvalue weighted by molar-refractivity contribution is 0.163. The summed E-state index contributed by atoms with van der Waals surface area (Å²) >= 11 is 0. The van der Waals surface area contributed by atoms with Crippen LogP contribution < -0.4 is 10.6 Å². The van der Waals surface area contributed by atoms with Gasteiger partial charge in [-0.15, -0.1) is 0 Å². The number of halogens is 2. The van der Waals surface area contributed by atoms with E-state index < -0.39 is 13.0 Å². The first-order chi connectivity index (χ1) is 8.15. The number of nitrogens with zero attached hydrogens (tertiary/aromatic N) is 2. The summed E-state index contributed by atoms with van der Waals surface area (Å²) in [6.07, 6.45) is -0.728. The van der Waals surface area contributed by atoms with Gasteiger partial charge in [0.25, 0.3) is 6.43 Å². The third kappa shape index (κ3) is 4.93. The molecule has 0 radical (unpaired) electrons. The fourth-order valence-corrected chi connectivity index (χ4v) is 1.38. The summed E-state index contributed by atoms with van der Waals surface area (Å²) in [4.78, 5) is 8.47. The average molecular weight is 244 g/mol. The number of alkyl halides is 2. The van der Waals surface area contributed by atoms with Crippen molar-refractivity contribution in [2.75, 3.05) is 23.7 Å². The maximum Gasteiger partial charge on any atom is 0.255 e. The molecule has 6 heteroatoms. The van der Waals surface area contributed by atoms with Crippen LogP contribution in [0.25, 0.3) is 0 Å². The lowest BCUT2D eigenvalue weighted by Crippen LogP contribution is -2.13. The lowest BCUT2D eigenvalue weighted by Gasteiger charge is -2.10. The number of hydrogen-bond acceptors (Lipinski definition) is 4. The van der Waals surface area contributed by atoms with Crippen LogP contribution in [-0.2, 0) is 6.42 Å². The van der Waals surface area contributed by atoms with Crippen molar-refractivity contribution in [2.45, 2.75) is 33.1 Å². The van der Waals surface area contributed by atoms with Crippen LogP contribution in [0, 0.1) is 0 Å². The number of hydrogen-bond donors (Lipinski definition) is 2. The average Bonchev–Trinajstić information content (AvgIpc) is 2.27. The van der Waals surface area contributed by atoms with E-state index in [-0.39, 0.29) is 0 Å². The summed E-state index contributed by atoms with van der Waals surface area (Å²) in [7, 11) is 0. The van der Waals surface area contributed by atoms with Crippen LogP contribution in [-0.4, -0.2) is 29.5 Å². The Bertz CT molecular complexity index is 320. The predicted molar refractivity (Wildman–Crippen MR) is 64.7 cm³/mol. The van der Waals surface area contributed by atoms with Crippen LogP contribution in [0.2, 0.25) is 0 Å². The van der Waals surface area contributed by atoms with Crippen LogP contribution in [0.5, 0.6) is 0 Å². The topological polar surface area (TPSA) is 49.8 Å². The second-order valence-corrected chi connectivity index (χ2v) is 3.61. The van der Waals surface area contributed by atoms with Crippen LogP contribution in [0.3, 0.4) is 0 Å². The first-order valence-corrected chi connectivity index (χ1v) is 5.79. The van der Waals surface area contributed by atoms with Gasteiger partial charge in [-0.2, -0.15) is 0 Å². The van der Waals surface area contributed by atoms with Gasteiger partial charge in [0.15, 0.2) is 0 Å². The van der Waals surface area contributed by atoms with E-state index in [4.69, 9.17) is 0 Å². The first-order valence-electron chi connectivity index (χ1n) is 5.79. The number of nitrogens with one attached hydrogen (secondary N) is 2. The van der Waals surface area contributed by atoms with Crippen molar-refractivity contribution < 1.29 is 8.78 Å². The molecule has 0 aliphatic carbocycles. The Morgan fingerprint density at radius 3 is 2.35 bits per heavy atom. The molecule has 0 amide bonds. The van der Waals surface area contributed by atoms with Gasteiger partial charge in [0, 0.05) is 19.0 Å². The zero-order chi connectivity index (χ0) is 12.7. The molecular formula is C11H18F2N4. The highest BCUT2D eigenvalue weighted by Crippen LogP contribution is 2.12. The molecule has 1 aromatic heterocycles. The third-order valence-electron chi connectivity index (χ3n) is 2.04. The van der Waals surface area contributed by atoms with Crippen molar-refractivity contribution in [3.8, 4) is 0 Å². The molecule has 2 N–H and O–H groups in total. The van der Waals surface area contributed by atoms with Gasteiger partial charge in [-0.25, -0.2) is 18.7 Å². The third-order valence-corrected chi connectivity index (χ3v) is 2.04. The van der Waals surface area contributed by atoms with Gasteiger partial charge in [0.05, 0.1) is 6.54 Å². The molecule has 0 aliphatic rings. The van der Waals surface area contributed by atoms with Gasteiger partial charge in [-0.1, -0.05) is 6.92 Å². The van der Waals surface area contributed by atoms with Gasteiger partial charge in [0.1, 0.15) is 17.5 Å². The van der Waals surface area contributed by atoms with E-state index in [1.165, 1.54) is 0 Å². The molecule has 0 fully saturated rings. The molecule has 0 saturated heterocycles. The molecule has 0 saturated carbocycles. The number of anilines is 2. The van der Waals surface area contributed by atoms with Gasteiger partial charge in [0.2, 0.25) is 0 Å².